The smallest absolute Gasteiger partial charge is 0.321 e. The maximum Gasteiger partial charge on any atom is 0.321 e. The number of carbonyl (C=O) groups excluding carboxylic acids is 1. The van der Waals surface area contributed by atoms with Crippen molar-refractivity contribution in [1.29, 1.82) is 0 Å². The Labute approximate surface area is 199 Å². The topological polar surface area (TPSA) is 68.7 Å². The van der Waals surface area contributed by atoms with Crippen molar-refractivity contribution in [2.75, 3.05) is 31.6 Å². The lowest BCUT2D eigenvalue weighted by Gasteiger charge is -2.57. The van der Waals surface area contributed by atoms with Crippen LogP contribution in [0.3, 0.4) is 0 Å². The molecule has 2 amide bonds. The van der Waals surface area contributed by atoms with E-state index in [1.165, 1.54) is 6.07 Å². The van der Waals surface area contributed by atoms with E-state index >= 15 is 0 Å². The van der Waals surface area contributed by atoms with Crippen LogP contribution in [0.25, 0.3) is 11.1 Å². The third-order valence-corrected chi connectivity index (χ3v) is 7.06. The van der Waals surface area contributed by atoms with Gasteiger partial charge < -0.3 is 15.3 Å². The average Bonchev–Trinajstić information content (AvgIpc) is 2.85. The van der Waals surface area contributed by atoms with Crippen LogP contribution in [0.4, 0.5) is 14.9 Å². The lowest BCUT2D eigenvalue weighted by Crippen LogP contribution is -2.68. The molecule has 2 aliphatic rings. The Morgan fingerprint density at radius 3 is 2.56 bits per heavy atom. The van der Waals surface area contributed by atoms with Crippen molar-refractivity contribution in [3.05, 3.63) is 84.4 Å². The third kappa shape index (κ3) is 4.41. The highest BCUT2D eigenvalue weighted by Crippen LogP contribution is 2.42. The maximum absolute atomic E-state index is 14.1. The number of para-hydroxylation sites is 1. The number of fused-ring (bicyclic) bond motifs is 1. The molecule has 2 N–H and O–H groups in total. The van der Waals surface area contributed by atoms with Crippen LogP contribution in [0.1, 0.15) is 24.3 Å². The first kappa shape index (κ1) is 22.5. The van der Waals surface area contributed by atoms with Crippen LogP contribution >= 0.6 is 0 Å². The number of pyridine rings is 1. The summed E-state index contributed by atoms with van der Waals surface area (Å²) in [5.41, 5.74) is 3.50. The van der Waals surface area contributed by atoms with Gasteiger partial charge in [0.15, 0.2) is 0 Å². The molecule has 34 heavy (non-hydrogen) atoms. The van der Waals surface area contributed by atoms with Gasteiger partial charge in [-0.25, -0.2) is 9.18 Å². The number of benzene rings is 2. The van der Waals surface area contributed by atoms with E-state index in [0.29, 0.717) is 13.1 Å². The van der Waals surface area contributed by atoms with Crippen molar-refractivity contribution in [2.24, 2.45) is 0 Å². The molecule has 0 radical (unpaired) electrons. The molecule has 0 aliphatic carbocycles. The molecular formula is C27H29FN4O2. The van der Waals surface area contributed by atoms with E-state index in [2.05, 4.69) is 39.5 Å². The number of amides is 2. The van der Waals surface area contributed by atoms with Gasteiger partial charge in [-0.15, -0.1) is 0 Å². The molecular weight excluding hydrogens is 431 g/mol. The van der Waals surface area contributed by atoms with Crippen LogP contribution in [0.15, 0.2) is 73.1 Å². The quantitative estimate of drug-likeness (QED) is 0.608. The maximum atomic E-state index is 14.1. The normalized spacial score (nSPS) is 22.8. The summed E-state index contributed by atoms with van der Waals surface area (Å²) < 4.78 is 14.1. The SMILES string of the molecule is O=C(Nc1ccccc1F)N1CCCCN2[C@H](CO)[C@H](c3ccc(-c4cccnc4)cc3)[C@H]2C1. The summed E-state index contributed by atoms with van der Waals surface area (Å²) in [7, 11) is 0. The van der Waals surface area contributed by atoms with E-state index in [0.717, 1.165) is 36.1 Å². The standard InChI is InChI=1S/C27H29FN4O2/c28-22-7-1-2-8-23(22)30-27(34)31-14-3-4-15-32-24(17-31)26(25(32)18-33)20-11-9-19(10-12-20)21-6-5-13-29-16-21/h1-2,5-13,16,24-26,33H,3-4,14-15,17-18H2,(H,30,34)/t24-,25-,26-/m1/s1. The number of aliphatic hydroxyl groups is 1. The van der Waals surface area contributed by atoms with E-state index in [4.69, 9.17) is 0 Å². The van der Waals surface area contributed by atoms with Crippen LogP contribution in [-0.4, -0.2) is 64.2 Å². The van der Waals surface area contributed by atoms with Crippen molar-refractivity contribution >= 4 is 11.7 Å². The number of nitrogens with one attached hydrogen (secondary N) is 1. The summed E-state index contributed by atoms with van der Waals surface area (Å²) in [4.78, 5) is 21.3. The highest BCUT2D eigenvalue weighted by Gasteiger charge is 2.49. The number of halogens is 1. The van der Waals surface area contributed by atoms with Crippen LogP contribution in [0, 0.1) is 5.82 Å². The summed E-state index contributed by atoms with van der Waals surface area (Å²) in [6.45, 7) is 2.14. The van der Waals surface area contributed by atoms with E-state index in [-0.39, 0.29) is 36.3 Å². The van der Waals surface area contributed by atoms with Gasteiger partial charge in [0.05, 0.1) is 12.3 Å². The van der Waals surface area contributed by atoms with E-state index in [1.54, 1.807) is 29.3 Å². The molecule has 0 unspecified atom stereocenters. The lowest BCUT2D eigenvalue weighted by atomic mass is 9.74. The first-order valence-electron chi connectivity index (χ1n) is 11.8. The molecule has 3 heterocycles. The van der Waals surface area contributed by atoms with Crippen LogP contribution < -0.4 is 5.32 Å². The monoisotopic (exact) mass is 460 g/mol. The van der Waals surface area contributed by atoms with Gasteiger partial charge in [0.1, 0.15) is 5.82 Å². The zero-order valence-corrected chi connectivity index (χ0v) is 19.0. The van der Waals surface area contributed by atoms with Crippen molar-refractivity contribution < 1.29 is 14.3 Å². The molecule has 1 aromatic heterocycles. The minimum Gasteiger partial charge on any atom is -0.395 e. The Morgan fingerprint density at radius 2 is 1.82 bits per heavy atom. The average molecular weight is 461 g/mol. The van der Waals surface area contributed by atoms with Gasteiger partial charge in [0, 0.05) is 43.5 Å². The van der Waals surface area contributed by atoms with Crippen molar-refractivity contribution in [2.45, 2.75) is 30.8 Å². The number of carbonyl (C=O) groups is 1. The zero-order valence-electron chi connectivity index (χ0n) is 19.0. The number of aliphatic hydroxyl groups excluding tert-OH is 1. The Bertz CT molecular complexity index is 1120. The number of hydrogen-bond donors (Lipinski definition) is 2. The van der Waals surface area contributed by atoms with Gasteiger partial charge in [0.25, 0.3) is 0 Å². The first-order valence-corrected chi connectivity index (χ1v) is 11.8. The van der Waals surface area contributed by atoms with E-state index < -0.39 is 5.82 Å². The minimum atomic E-state index is -0.444. The second kappa shape index (κ2) is 9.91. The Balaban J connectivity index is 1.35. The Morgan fingerprint density at radius 1 is 1.03 bits per heavy atom. The number of aromatic nitrogens is 1. The minimum absolute atomic E-state index is 0.0313. The van der Waals surface area contributed by atoms with Gasteiger partial charge in [-0.05, 0) is 54.3 Å². The second-order valence-corrected chi connectivity index (χ2v) is 9.01. The predicted molar refractivity (Wildman–Crippen MR) is 130 cm³/mol. The first-order chi connectivity index (χ1) is 16.7. The van der Waals surface area contributed by atoms with Gasteiger partial charge in [0.2, 0.25) is 0 Å². The number of nitrogens with zero attached hydrogens (tertiary/aromatic N) is 3. The zero-order chi connectivity index (χ0) is 23.5. The molecule has 0 bridgehead atoms. The molecule has 2 aromatic carbocycles. The number of anilines is 1. The van der Waals surface area contributed by atoms with Gasteiger partial charge in [-0.3, -0.25) is 9.88 Å². The number of rotatable bonds is 4. The van der Waals surface area contributed by atoms with Gasteiger partial charge in [-0.1, -0.05) is 42.5 Å². The van der Waals surface area contributed by atoms with Crippen LogP contribution in [0.2, 0.25) is 0 Å². The second-order valence-electron chi connectivity index (χ2n) is 9.01. The van der Waals surface area contributed by atoms with Crippen molar-refractivity contribution in [1.82, 2.24) is 14.8 Å². The summed E-state index contributed by atoms with van der Waals surface area (Å²) >= 11 is 0. The van der Waals surface area contributed by atoms with E-state index in [1.807, 2.05) is 18.3 Å². The third-order valence-electron chi connectivity index (χ3n) is 7.06. The molecule has 3 atom stereocenters. The molecule has 2 saturated heterocycles. The van der Waals surface area contributed by atoms with Crippen LogP contribution in [-0.2, 0) is 0 Å². The number of urea groups is 1. The Kier molecular flexibility index (Phi) is 6.56. The fourth-order valence-electron chi connectivity index (χ4n) is 5.31. The summed E-state index contributed by atoms with van der Waals surface area (Å²) in [5.74, 6) is -0.324. The molecule has 5 rings (SSSR count). The molecule has 6 nitrogen and oxygen atoms in total. The lowest BCUT2D eigenvalue weighted by molar-refractivity contribution is -0.0585. The largest absolute Gasteiger partial charge is 0.395 e. The molecule has 0 spiro atoms. The van der Waals surface area contributed by atoms with E-state index in [9.17, 15) is 14.3 Å². The summed E-state index contributed by atoms with van der Waals surface area (Å²) in [6, 6.07) is 18.4. The Hall–Kier alpha value is -3.29. The summed E-state index contributed by atoms with van der Waals surface area (Å²) in [5, 5.41) is 12.9. The fraction of sp³-hybridized carbons (Fsp3) is 0.333. The van der Waals surface area contributed by atoms with Crippen molar-refractivity contribution in [3.8, 4) is 11.1 Å². The molecule has 176 valence electrons. The highest BCUT2D eigenvalue weighted by molar-refractivity contribution is 5.89. The molecule has 2 fully saturated rings. The predicted octanol–water partition coefficient (Wildman–Crippen LogP) is 4.34. The molecule has 2 aliphatic heterocycles. The summed E-state index contributed by atoms with van der Waals surface area (Å²) in [6.07, 6.45) is 5.42. The van der Waals surface area contributed by atoms with Crippen molar-refractivity contribution in [3.63, 3.8) is 0 Å². The van der Waals surface area contributed by atoms with Gasteiger partial charge in [-0.2, -0.15) is 0 Å². The molecule has 0 saturated carbocycles. The fourth-order valence-corrected chi connectivity index (χ4v) is 5.31. The molecule has 3 aromatic rings. The molecule has 7 heteroatoms. The van der Waals surface area contributed by atoms with Crippen LogP contribution in [0.5, 0.6) is 0 Å². The van der Waals surface area contributed by atoms with Gasteiger partial charge >= 0.3 is 6.03 Å². The highest BCUT2D eigenvalue weighted by atomic mass is 19.1. The number of hydrogen-bond acceptors (Lipinski definition) is 4.